The van der Waals surface area contributed by atoms with E-state index in [1.54, 1.807) is 6.07 Å². The summed E-state index contributed by atoms with van der Waals surface area (Å²) in [4.78, 5) is 11.3. The molecule has 1 fully saturated rings. The van der Waals surface area contributed by atoms with Crippen molar-refractivity contribution < 1.29 is 9.90 Å². The van der Waals surface area contributed by atoms with Gasteiger partial charge in [0.05, 0.1) is 17.8 Å². The molecule has 140 valence electrons. The van der Waals surface area contributed by atoms with Gasteiger partial charge < -0.3 is 10.8 Å². The topological polar surface area (TPSA) is 112 Å². The van der Waals surface area contributed by atoms with Crippen molar-refractivity contribution in [3.63, 3.8) is 0 Å². The number of nitrogens with two attached hydrogens (primary N) is 1. The molecule has 0 aliphatic heterocycles. The number of anilines is 1. The van der Waals surface area contributed by atoms with Gasteiger partial charge in [-0.3, -0.25) is 0 Å². The average Bonchev–Trinajstić information content (AvgIpc) is 3.37. The van der Waals surface area contributed by atoms with E-state index in [2.05, 4.69) is 27.5 Å². The number of hydrogen-bond acceptors (Lipinski definition) is 5. The second kappa shape index (κ2) is 6.19. The maximum absolute atomic E-state index is 11.3. The zero-order chi connectivity index (χ0) is 19.3. The molecule has 1 aliphatic rings. The lowest BCUT2D eigenvalue weighted by atomic mass is 10.1. The summed E-state index contributed by atoms with van der Waals surface area (Å²) in [7, 11) is 0. The molecule has 4 aromatic rings. The summed E-state index contributed by atoms with van der Waals surface area (Å²) >= 11 is 0. The van der Waals surface area contributed by atoms with Gasteiger partial charge in [-0.05, 0) is 30.5 Å². The van der Waals surface area contributed by atoms with Gasteiger partial charge in [-0.25, -0.2) is 9.48 Å². The van der Waals surface area contributed by atoms with Gasteiger partial charge in [0.1, 0.15) is 5.69 Å². The Balaban J connectivity index is 1.60. The fraction of sp³-hybridized carbons (Fsp3) is 0.200. The van der Waals surface area contributed by atoms with Crippen molar-refractivity contribution in [1.29, 1.82) is 0 Å². The number of fused-ring (bicyclic) bond motifs is 1. The first-order chi connectivity index (χ1) is 13.6. The van der Waals surface area contributed by atoms with Gasteiger partial charge in [-0.2, -0.15) is 4.68 Å². The lowest BCUT2D eigenvalue weighted by molar-refractivity contribution is 0.194. The SMILES string of the molecule is Nc1nn(C(=O)O)c2ccc(-c3nnn(Cc4ccccc4)c3C3CC3)cc12. The number of benzene rings is 2. The predicted molar refractivity (Wildman–Crippen MR) is 104 cm³/mol. The smallest absolute Gasteiger partial charge is 0.432 e. The summed E-state index contributed by atoms with van der Waals surface area (Å²) in [5, 5.41) is 22.6. The van der Waals surface area contributed by atoms with E-state index >= 15 is 0 Å². The second-order valence-corrected chi connectivity index (χ2v) is 7.05. The molecule has 0 atom stereocenters. The largest absolute Gasteiger partial charge is 0.463 e. The Labute approximate surface area is 160 Å². The van der Waals surface area contributed by atoms with Gasteiger partial charge in [-0.15, -0.1) is 10.2 Å². The molecule has 0 bridgehead atoms. The van der Waals surface area contributed by atoms with Crippen LogP contribution < -0.4 is 5.73 Å². The highest BCUT2D eigenvalue weighted by Gasteiger charge is 2.32. The van der Waals surface area contributed by atoms with Gasteiger partial charge >= 0.3 is 6.09 Å². The third kappa shape index (κ3) is 2.70. The van der Waals surface area contributed by atoms with Crippen LogP contribution in [0, 0.1) is 0 Å². The Morgan fingerprint density at radius 1 is 1.18 bits per heavy atom. The normalized spacial score (nSPS) is 13.9. The van der Waals surface area contributed by atoms with Crippen LogP contribution in [0.3, 0.4) is 0 Å². The molecule has 2 aromatic heterocycles. The van der Waals surface area contributed by atoms with Crippen molar-refractivity contribution >= 4 is 22.8 Å². The van der Waals surface area contributed by atoms with Crippen LogP contribution in [0.5, 0.6) is 0 Å². The van der Waals surface area contributed by atoms with Crippen LogP contribution in [0.2, 0.25) is 0 Å². The van der Waals surface area contributed by atoms with E-state index in [9.17, 15) is 9.90 Å². The summed E-state index contributed by atoms with van der Waals surface area (Å²) in [6.07, 6.45) is 1.08. The highest BCUT2D eigenvalue weighted by molar-refractivity contribution is 5.96. The Morgan fingerprint density at radius 2 is 1.96 bits per heavy atom. The minimum absolute atomic E-state index is 0.184. The Hall–Kier alpha value is -3.68. The first kappa shape index (κ1) is 16.5. The molecular weight excluding hydrogens is 356 g/mol. The van der Waals surface area contributed by atoms with Crippen molar-refractivity contribution in [3.05, 3.63) is 59.8 Å². The number of hydrogen-bond donors (Lipinski definition) is 2. The molecule has 8 heteroatoms. The Morgan fingerprint density at radius 3 is 2.68 bits per heavy atom. The molecule has 0 spiro atoms. The summed E-state index contributed by atoms with van der Waals surface area (Å²) in [6.45, 7) is 0.668. The number of aromatic nitrogens is 5. The molecule has 2 heterocycles. The van der Waals surface area contributed by atoms with E-state index in [1.807, 2.05) is 35.0 Å². The minimum atomic E-state index is -1.16. The number of carbonyl (C=O) groups is 1. The van der Waals surface area contributed by atoms with E-state index in [0.717, 1.165) is 34.5 Å². The maximum Gasteiger partial charge on any atom is 0.432 e. The van der Waals surface area contributed by atoms with Gasteiger partial charge in [-0.1, -0.05) is 41.6 Å². The van der Waals surface area contributed by atoms with Crippen LogP contribution in [0.25, 0.3) is 22.2 Å². The van der Waals surface area contributed by atoms with E-state index < -0.39 is 6.09 Å². The number of carboxylic acid groups (broad SMARTS) is 1. The van der Waals surface area contributed by atoms with Crippen LogP contribution in [-0.4, -0.2) is 36.0 Å². The fourth-order valence-electron chi connectivity index (χ4n) is 3.59. The lowest BCUT2D eigenvalue weighted by Crippen LogP contribution is -2.09. The molecule has 28 heavy (non-hydrogen) atoms. The van der Waals surface area contributed by atoms with Gasteiger partial charge in [0.2, 0.25) is 0 Å². The number of rotatable bonds is 4. The van der Waals surface area contributed by atoms with Crippen molar-refractivity contribution in [1.82, 2.24) is 24.8 Å². The van der Waals surface area contributed by atoms with Crippen LogP contribution in [0.4, 0.5) is 10.6 Å². The first-order valence-electron chi connectivity index (χ1n) is 9.11. The second-order valence-electron chi connectivity index (χ2n) is 7.05. The van der Waals surface area contributed by atoms with Crippen molar-refractivity contribution in [2.45, 2.75) is 25.3 Å². The van der Waals surface area contributed by atoms with Gasteiger partial charge in [0.15, 0.2) is 5.82 Å². The molecule has 8 nitrogen and oxygen atoms in total. The summed E-state index contributed by atoms with van der Waals surface area (Å²) in [6, 6.07) is 15.6. The van der Waals surface area contributed by atoms with Crippen LogP contribution in [0.15, 0.2) is 48.5 Å². The third-order valence-electron chi connectivity index (χ3n) is 5.08. The number of nitrogen functional groups attached to an aromatic ring is 1. The van der Waals surface area contributed by atoms with E-state index in [1.165, 1.54) is 5.56 Å². The fourth-order valence-corrected chi connectivity index (χ4v) is 3.59. The molecule has 0 radical (unpaired) electrons. The Kier molecular flexibility index (Phi) is 3.65. The van der Waals surface area contributed by atoms with Gasteiger partial charge in [0, 0.05) is 16.9 Å². The summed E-state index contributed by atoms with van der Waals surface area (Å²) in [5.74, 6) is 0.632. The van der Waals surface area contributed by atoms with Gasteiger partial charge in [0.25, 0.3) is 0 Å². The lowest BCUT2D eigenvalue weighted by Gasteiger charge is -2.08. The highest BCUT2D eigenvalue weighted by atomic mass is 16.4. The quantitative estimate of drug-likeness (QED) is 0.567. The third-order valence-corrected chi connectivity index (χ3v) is 5.08. The first-order valence-corrected chi connectivity index (χ1v) is 9.11. The average molecular weight is 374 g/mol. The van der Waals surface area contributed by atoms with Crippen LogP contribution >= 0.6 is 0 Å². The van der Waals surface area contributed by atoms with E-state index in [-0.39, 0.29) is 5.82 Å². The van der Waals surface area contributed by atoms with Crippen molar-refractivity contribution in [3.8, 4) is 11.3 Å². The standard InChI is InChI=1S/C20H18N6O2/c21-19-15-10-14(8-9-16(15)26(23-19)20(27)28)17-18(13-6-7-13)25(24-22-17)11-12-4-2-1-3-5-12/h1-5,8-10,13H,6-7,11H2,(H2,21,23)(H,27,28). The zero-order valence-corrected chi connectivity index (χ0v) is 15.0. The van der Waals surface area contributed by atoms with Crippen molar-refractivity contribution in [2.75, 3.05) is 5.73 Å². The predicted octanol–water partition coefficient (Wildman–Crippen LogP) is 3.33. The Bertz CT molecular complexity index is 1190. The molecule has 3 N–H and O–H groups in total. The number of nitrogens with zero attached hydrogens (tertiary/aromatic N) is 5. The molecular formula is C20H18N6O2. The molecule has 0 amide bonds. The molecule has 2 aromatic carbocycles. The molecule has 0 unspecified atom stereocenters. The molecule has 5 rings (SSSR count). The van der Waals surface area contributed by atoms with Crippen molar-refractivity contribution in [2.24, 2.45) is 0 Å². The minimum Gasteiger partial charge on any atom is -0.463 e. The molecule has 1 aliphatic carbocycles. The maximum atomic E-state index is 11.3. The van der Waals surface area contributed by atoms with Crippen LogP contribution in [-0.2, 0) is 6.54 Å². The van der Waals surface area contributed by atoms with Crippen LogP contribution in [0.1, 0.15) is 30.0 Å². The van der Waals surface area contributed by atoms with E-state index in [0.29, 0.717) is 23.4 Å². The van der Waals surface area contributed by atoms with E-state index in [4.69, 9.17) is 5.73 Å². The summed E-state index contributed by atoms with van der Waals surface area (Å²) < 4.78 is 2.86. The molecule has 1 saturated carbocycles. The summed E-state index contributed by atoms with van der Waals surface area (Å²) in [5.41, 5.74) is 10.4. The monoisotopic (exact) mass is 374 g/mol. The molecule has 0 saturated heterocycles. The zero-order valence-electron chi connectivity index (χ0n) is 15.0. The highest BCUT2D eigenvalue weighted by Crippen LogP contribution is 2.44.